The first-order valence-electron chi connectivity index (χ1n) is 10.7. The molecule has 1 amide bonds. The van der Waals surface area contributed by atoms with E-state index in [0.717, 1.165) is 54.1 Å². The summed E-state index contributed by atoms with van der Waals surface area (Å²) in [6.45, 7) is 7.29. The Hall–Kier alpha value is -2.62. The molecule has 3 aromatic rings. The lowest BCUT2D eigenvalue weighted by atomic mass is 10.1. The molecular weight excluding hydrogens is 442 g/mol. The van der Waals surface area contributed by atoms with Gasteiger partial charge in [0.25, 0.3) is 0 Å². The Bertz CT molecular complexity index is 1020. The van der Waals surface area contributed by atoms with Crippen LogP contribution in [0, 0.1) is 0 Å². The summed E-state index contributed by atoms with van der Waals surface area (Å²) in [5.41, 5.74) is 4.20. The monoisotopic (exact) mass is 469 g/mol. The number of hydrogen-bond donors (Lipinski definition) is 2. The second-order valence-corrected chi connectivity index (χ2v) is 10.0. The fourth-order valence-electron chi connectivity index (χ4n) is 3.28. The lowest BCUT2D eigenvalue weighted by Crippen LogP contribution is -2.36. The molecule has 1 atom stereocenters. The Kier molecular flexibility index (Phi) is 7.62. The molecule has 0 saturated carbocycles. The molecule has 0 bridgehead atoms. The number of nitrogens with one attached hydrogen (secondary N) is 2. The minimum atomic E-state index is -0.293. The maximum absolute atomic E-state index is 12.6. The van der Waals surface area contributed by atoms with Gasteiger partial charge in [-0.15, -0.1) is 10.2 Å². The highest BCUT2D eigenvalue weighted by Crippen LogP contribution is 2.31. The van der Waals surface area contributed by atoms with Crippen molar-refractivity contribution in [3.63, 3.8) is 0 Å². The van der Waals surface area contributed by atoms with Crippen LogP contribution in [0.5, 0.6) is 0 Å². The second-order valence-electron chi connectivity index (χ2n) is 7.44. The van der Waals surface area contributed by atoms with Crippen LogP contribution in [-0.4, -0.2) is 47.7 Å². The number of nitrogens with zero attached hydrogens (tertiary/aromatic N) is 3. The Morgan fingerprint density at radius 2 is 1.78 bits per heavy atom. The van der Waals surface area contributed by atoms with Crippen molar-refractivity contribution in [2.45, 2.75) is 29.9 Å². The fourth-order valence-corrected chi connectivity index (χ4v) is 5.20. The number of hydrogen-bond acceptors (Lipinski definition) is 8. The minimum absolute atomic E-state index is 0.0611. The zero-order valence-electron chi connectivity index (χ0n) is 18.2. The van der Waals surface area contributed by atoms with Crippen molar-refractivity contribution in [1.82, 2.24) is 10.2 Å². The number of thioether (sulfide) groups is 1. The van der Waals surface area contributed by atoms with E-state index in [9.17, 15) is 4.79 Å². The molecule has 1 aliphatic rings. The van der Waals surface area contributed by atoms with Crippen molar-refractivity contribution in [2.24, 2.45) is 0 Å². The van der Waals surface area contributed by atoms with Crippen molar-refractivity contribution in [3.8, 4) is 0 Å². The number of aryl methyl sites for hydroxylation is 1. The summed E-state index contributed by atoms with van der Waals surface area (Å²) in [5.74, 6) is -0.0611. The number of carbonyl (C=O) groups excluding carboxylic acids is 1. The first kappa shape index (κ1) is 22.6. The molecule has 1 saturated heterocycles. The fraction of sp³-hybridized carbons (Fsp3) is 0.348. The van der Waals surface area contributed by atoms with Gasteiger partial charge in [0.15, 0.2) is 4.34 Å². The van der Waals surface area contributed by atoms with E-state index in [2.05, 4.69) is 44.8 Å². The predicted molar refractivity (Wildman–Crippen MR) is 132 cm³/mol. The lowest BCUT2D eigenvalue weighted by Gasteiger charge is -2.28. The highest BCUT2D eigenvalue weighted by atomic mass is 32.2. The highest BCUT2D eigenvalue weighted by molar-refractivity contribution is 8.02. The Labute approximate surface area is 196 Å². The molecule has 2 N–H and O–H groups in total. The smallest absolute Gasteiger partial charge is 0.237 e. The molecular formula is C23H27N5O2S2. The molecule has 0 aliphatic carbocycles. The zero-order chi connectivity index (χ0) is 22.3. The zero-order valence-corrected chi connectivity index (χ0v) is 19.8. The molecule has 168 valence electrons. The normalized spacial score (nSPS) is 14.8. The van der Waals surface area contributed by atoms with E-state index in [4.69, 9.17) is 4.74 Å². The molecule has 32 heavy (non-hydrogen) atoms. The van der Waals surface area contributed by atoms with Crippen molar-refractivity contribution >= 4 is 51.2 Å². The number of anilines is 4. The Morgan fingerprint density at radius 1 is 1.09 bits per heavy atom. The molecule has 1 fully saturated rings. The van der Waals surface area contributed by atoms with Crippen molar-refractivity contribution in [1.29, 1.82) is 0 Å². The quantitative estimate of drug-likeness (QED) is 0.459. The van der Waals surface area contributed by atoms with Gasteiger partial charge >= 0.3 is 0 Å². The summed E-state index contributed by atoms with van der Waals surface area (Å²) >= 11 is 2.85. The summed E-state index contributed by atoms with van der Waals surface area (Å²) in [4.78, 5) is 14.9. The van der Waals surface area contributed by atoms with E-state index in [-0.39, 0.29) is 11.2 Å². The predicted octanol–water partition coefficient (Wildman–Crippen LogP) is 4.80. The topological polar surface area (TPSA) is 79.4 Å². The molecule has 0 spiro atoms. The molecule has 2 aromatic carbocycles. The molecule has 9 heteroatoms. The summed E-state index contributed by atoms with van der Waals surface area (Å²) in [7, 11) is 0. The van der Waals surface area contributed by atoms with Crippen LogP contribution in [-0.2, 0) is 16.0 Å². The Morgan fingerprint density at radius 3 is 2.47 bits per heavy atom. The summed E-state index contributed by atoms with van der Waals surface area (Å²) in [6, 6.07) is 16.2. The third-order valence-corrected chi connectivity index (χ3v) is 7.20. The Balaban J connectivity index is 1.28. The van der Waals surface area contributed by atoms with E-state index < -0.39 is 0 Å². The molecule has 0 radical (unpaired) electrons. The third-order valence-electron chi connectivity index (χ3n) is 5.18. The molecule has 2 heterocycles. The van der Waals surface area contributed by atoms with Crippen molar-refractivity contribution < 1.29 is 9.53 Å². The number of benzene rings is 2. The number of aromatic nitrogens is 2. The molecule has 1 aliphatic heterocycles. The first-order valence-corrected chi connectivity index (χ1v) is 12.4. The highest BCUT2D eigenvalue weighted by Gasteiger charge is 2.18. The molecule has 0 unspecified atom stereocenters. The van der Waals surface area contributed by atoms with Gasteiger partial charge in [0.1, 0.15) is 0 Å². The van der Waals surface area contributed by atoms with E-state index in [1.165, 1.54) is 28.7 Å². The summed E-state index contributed by atoms with van der Waals surface area (Å²) < 4.78 is 6.15. The summed E-state index contributed by atoms with van der Waals surface area (Å²) in [6.07, 6.45) is 1.01. The van der Waals surface area contributed by atoms with E-state index >= 15 is 0 Å². The molecule has 4 rings (SSSR count). The number of amides is 1. The number of carbonyl (C=O) groups is 1. The van der Waals surface area contributed by atoms with E-state index in [1.54, 1.807) is 0 Å². The van der Waals surface area contributed by atoms with Crippen LogP contribution in [0.25, 0.3) is 0 Å². The van der Waals surface area contributed by atoms with Crippen LogP contribution in [0.15, 0.2) is 52.9 Å². The van der Waals surface area contributed by atoms with E-state index in [0.29, 0.717) is 5.13 Å². The SMILES string of the molecule is CCc1ccc(Nc2nnc(S[C@@H](C)C(=O)Nc3ccc(N4CCOCC4)cc3)s2)cc1. The standard InChI is InChI=1S/C23H27N5O2S2/c1-3-17-4-6-19(7-5-17)25-22-26-27-23(32-22)31-16(2)21(29)24-18-8-10-20(11-9-18)28-12-14-30-15-13-28/h4-11,16H,3,12-15H2,1-2H3,(H,24,29)(H,25,26)/t16-/m0/s1. The average Bonchev–Trinajstić information content (AvgIpc) is 3.27. The van der Waals surface area contributed by atoms with E-state index in [1.807, 2.05) is 43.3 Å². The van der Waals surface area contributed by atoms with Crippen LogP contribution in [0.3, 0.4) is 0 Å². The lowest BCUT2D eigenvalue weighted by molar-refractivity contribution is -0.115. The van der Waals surface area contributed by atoms with Crippen LogP contribution >= 0.6 is 23.1 Å². The number of rotatable bonds is 8. The van der Waals surface area contributed by atoms with Gasteiger partial charge in [0.2, 0.25) is 11.0 Å². The van der Waals surface area contributed by atoms with Crippen molar-refractivity contribution in [3.05, 3.63) is 54.1 Å². The van der Waals surface area contributed by atoms with Gasteiger partial charge in [-0.25, -0.2) is 0 Å². The third kappa shape index (κ3) is 5.99. The van der Waals surface area contributed by atoms with Gasteiger partial charge in [-0.3, -0.25) is 4.79 Å². The van der Waals surface area contributed by atoms with Gasteiger partial charge in [-0.05, 0) is 55.3 Å². The summed E-state index contributed by atoms with van der Waals surface area (Å²) in [5, 5.41) is 15.1. The first-order chi connectivity index (χ1) is 15.6. The van der Waals surface area contributed by atoms with Gasteiger partial charge in [-0.1, -0.05) is 42.2 Å². The van der Waals surface area contributed by atoms with Gasteiger partial charge in [0.05, 0.1) is 18.5 Å². The van der Waals surface area contributed by atoms with Crippen LogP contribution < -0.4 is 15.5 Å². The largest absolute Gasteiger partial charge is 0.378 e. The maximum Gasteiger partial charge on any atom is 0.237 e. The van der Waals surface area contributed by atoms with Crippen LogP contribution in [0.4, 0.5) is 22.2 Å². The van der Waals surface area contributed by atoms with Crippen LogP contribution in [0.1, 0.15) is 19.4 Å². The average molecular weight is 470 g/mol. The van der Waals surface area contributed by atoms with Crippen LogP contribution in [0.2, 0.25) is 0 Å². The number of ether oxygens (including phenoxy) is 1. The molecule has 1 aromatic heterocycles. The van der Waals surface area contributed by atoms with Crippen molar-refractivity contribution in [2.75, 3.05) is 41.8 Å². The number of morpholine rings is 1. The van der Waals surface area contributed by atoms with Gasteiger partial charge in [-0.2, -0.15) is 0 Å². The maximum atomic E-state index is 12.6. The second kappa shape index (κ2) is 10.8. The van der Waals surface area contributed by atoms with Gasteiger partial charge in [0, 0.05) is 30.2 Å². The van der Waals surface area contributed by atoms with Gasteiger partial charge < -0.3 is 20.3 Å². The molecule has 7 nitrogen and oxygen atoms in total. The minimum Gasteiger partial charge on any atom is -0.378 e.